The van der Waals surface area contributed by atoms with E-state index < -0.39 is 23.3 Å². The smallest absolute Gasteiger partial charge is 0.335 e. The van der Waals surface area contributed by atoms with Crippen LogP contribution in [-0.2, 0) is 19.1 Å². The summed E-state index contributed by atoms with van der Waals surface area (Å²) in [5.41, 5.74) is -0.926. The van der Waals surface area contributed by atoms with Crippen molar-refractivity contribution in [1.82, 2.24) is 20.4 Å². The van der Waals surface area contributed by atoms with Crippen LogP contribution >= 0.6 is 0 Å². The van der Waals surface area contributed by atoms with Gasteiger partial charge in [0.05, 0.1) is 0 Å². The number of piperazine rings is 1. The van der Waals surface area contributed by atoms with Gasteiger partial charge in [-0.3, -0.25) is 14.6 Å². The lowest BCUT2D eigenvalue weighted by molar-refractivity contribution is -0.168. The zero-order valence-electron chi connectivity index (χ0n) is 23.1. The molecule has 0 aromatic rings. The first kappa shape index (κ1) is 30.0. The molecule has 0 saturated carbocycles. The molecule has 0 aromatic heterocycles. The quantitative estimate of drug-likeness (QED) is 0.496. The van der Waals surface area contributed by atoms with Gasteiger partial charge in [-0.1, -0.05) is 0 Å². The Labute approximate surface area is 212 Å². The lowest BCUT2D eigenvalue weighted by Crippen LogP contribution is -2.56. The fourth-order valence-electron chi connectivity index (χ4n) is 4.80. The molecular weight excluding hydrogens is 448 g/mol. The molecule has 0 spiro atoms. The molecule has 35 heavy (non-hydrogen) atoms. The predicted molar refractivity (Wildman–Crippen MR) is 137 cm³/mol. The number of likely N-dealkylation sites (N-methyl/N-ethyl adjacent to an activating group) is 1. The van der Waals surface area contributed by atoms with E-state index in [0.717, 1.165) is 71.5 Å². The maximum absolute atomic E-state index is 12.4. The van der Waals surface area contributed by atoms with Gasteiger partial charge >= 0.3 is 11.9 Å². The van der Waals surface area contributed by atoms with E-state index in [-0.39, 0.29) is 17.9 Å². The van der Waals surface area contributed by atoms with Crippen LogP contribution in [0.2, 0.25) is 0 Å². The normalized spacial score (nSPS) is 26.3. The number of nitrogens with zero attached hydrogens (tertiary/aromatic N) is 2. The van der Waals surface area contributed by atoms with Crippen molar-refractivity contribution < 1.29 is 24.2 Å². The minimum atomic E-state index is -0.966. The standard InChI is InChI=1S/C15H29N3O2.C11H21NO3/c1-15(2,3)20-14(19)13-11-12(5-8-17(13)4)18-9-6-16-7-10-18;1-11(2,3)15-10(14)9(13)8-4-6-12-7-5-8/h12-13,16H,5-11H2,1-4H3;8-9,12-13H,4-7H2,1-3H3. The topological polar surface area (TPSA) is 103 Å². The van der Waals surface area contributed by atoms with Crippen LogP contribution in [0.3, 0.4) is 0 Å². The van der Waals surface area contributed by atoms with Crippen LogP contribution in [0.25, 0.3) is 0 Å². The first-order valence-corrected chi connectivity index (χ1v) is 13.3. The molecule has 0 aliphatic carbocycles. The highest BCUT2D eigenvalue weighted by molar-refractivity contribution is 5.76. The molecule has 0 bridgehead atoms. The second-order valence-electron chi connectivity index (χ2n) is 12.1. The van der Waals surface area contributed by atoms with Crippen molar-refractivity contribution in [3.8, 4) is 0 Å². The van der Waals surface area contributed by atoms with Crippen LogP contribution in [0.15, 0.2) is 0 Å². The van der Waals surface area contributed by atoms with E-state index in [9.17, 15) is 14.7 Å². The van der Waals surface area contributed by atoms with E-state index in [1.165, 1.54) is 0 Å². The van der Waals surface area contributed by atoms with Crippen molar-refractivity contribution in [2.75, 3.05) is 52.9 Å². The highest BCUT2D eigenvalue weighted by Crippen LogP contribution is 2.24. The van der Waals surface area contributed by atoms with Crippen molar-refractivity contribution in [1.29, 1.82) is 0 Å². The number of carbonyl (C=O) groups excluding carboxylic acids is 2. The third-order valence-corrected chi connectivity index (χ3v) is 6.67. The molecule has 3 atom stereocenters. The maximum atomic E-state index is 12.4. The number of ether oxygens (including phenoxy) is 2. The number of rotatable bonds is 4. The van der Waals surface area contributed by atoms with Crippen molar-refractivity contribution in [2.24, 2.45) is 5.92 Å². The molecule has 9 nitrogen and oxygen atoms in total. The molecule has 204 valence electrons. The molecule has 3 saturated heterocycles. The van der Waals surface area contributed by atoms with Gasteiger partial charge in [-0.2, -0.15) is 0 Å². The van der Waals surface area contributed by atoms with Gasteiger partial charge < -0.3 is 25.2 Å². The average molecular weight is 499 g/mol. The van der Waals surface area contributed by atoms with Crippen molar-refractivity contribution >= 4 is 11.9 Å². The fourth-order valence-corrected chi connectivity index (χ4v) is 4.80. The summed E-state index contributed by atoms with van der Waals surface area (Å²) >= 11 is 0. The highest BCUT2D eigenvalue weighted by Gasteiger charge is 2.36. The lowest BCUT2D eigenvalue weighted by atomic mass is 9.92. The van der Waals surface area contributed by atoms with Gasteiger partial charge in [0, 0.05) is 38.8 Å². The van der Waals surface area contributed by atoms with Crippen LogP contribution < -0.4 is 10.6 Å². The van der Waals surface area contributed by atoms with Crippen LogP contribution in [0.5, 0.6) is 0 Å². The number of aliphatic hydroxyl groups excluding tert-OH is 1. The Morgan fingerprint density at radius 3 is 1.94 bits per heavy atom. The number of esters is 2. The highest BCUT2D eigenvalue weighted by atomic mass is 16.6. The minimum Gasteiger partial charge on any atom is -0.459 e. The monoisotopic (exact) mass is 498 g/mol. The Balaban J connectivity index is 0.000000258. The lowest BCUT2D eigenvalue weighted by Gasteiger charge is -2.42. The van der Waals surface area contributed by atoms with Gasteiger partial charge in [-0.05, 0) is 93.3 Å². The van der Waals surface area contributed by atoms with E-state index in [0.29, 0.717) is 6.04 Å². The molecule has 3 N–H and O–H groups in total. The molecule has 3 aliphatic heterocycles. The second-order valence-corrected chi connectivity index (χ2v) is 12.1. The number of likely N-dealkylation sites (tertiary alicyclic amines) is 1. The molecule has 3 fully saturated rings. The van der Waals surface area contributed by atoms with E-state index in [4.69, 9.17) is 9.47 Å². The molecule has 0 amide bonds. The largest absolute Gasteiger partial charge is 0.459 e. The van der Waals surface area contributed by atoms with Gasteiger partial charge in [0.25, 0.3) is 0 Å². The van der Waals surface area contributed by atoms with Gasteiger partial charge in [-0.15, -0.1) is 0 Å². The summed E-state index contributed by atoms with van der Waals surface area (Å²) in [4.78, 5) is 28.6. The van der Waals surface area contributed by atoms with Gasteiger partial charge in [0.1, 0.15) is 17.2 Å². The number of hydrogen-bond acceptors (Lipinski definition) is 9. The zero-order valence-corrected chi connectivity index (χ0v) is 23.1. The number of aliphatic hydroxyl groups is 1. The summed E-state index contributed by atoms with van der Waals surface area (Å²) in [6.45, 7) is 18.2. The third-order valence-electron chi connectivity index (χ3n) is 6.67. The van der Waals surface area contributed by atoms with E-state index in [1.54, 1.807) is 20.8 Å². The van der Waals surface area contributed by atoms with Gasteiger partial charge in [-0.25, -0.2) is 4.79 Å². The molecule has 3 unspecified atom stereocenters. The maximum Gasteiger partial charge on any atom is 0.335 e. The van der Waals surface area contributed by atoms with Gasteiger partial charge in [0.15, 0.2) is 6.10 Å². The summed E-state index contributed by atoms with van der Waals surface area (Å²) in [6.07, 6.45) is 2.74. The van der Waals surface area contributed by atoms with Crippen molar-refractivity contribution in [2.45, 2.75) is 96.6 Å². The molecule has 3 rings (SSSR count). The average Bonchev–Trinajstić information content (AvgIpc) is 2.78. The van der Waals surface area contributed by atoms with E-state index >= 15 is 0 Å². The number of piperidine rings is 2. The SMILES string of the molecule is CC(C)(C)OC(=O)C(O)C1CCNCC1.CN1CCC(N2CCNCC2)CC1C(=O)OC(C)(C)C. The predicted octanol–water partition coefficient (Wildman–Crippen LogP) is 1.38. The Morgan fingerprint density at radius 2 is 1.40 bits per heavy atom. The van der Waals surface area contributed by atoms with Crippen LogP contribution in [-0.4, -0.2) is 109 Å². The van der Waals surface area contributed by atoms with Crippen molar-refractivity contribution in [3.63, 3.8) is 0 Å². The summed E-state index contributed by atoms with van der Waals surface area (Å²) in [6, 6.07) is 0.425. The number of hydrogen-bond donors (Lipinski definition) is 3. The van der Waals surface area contributed by atoms with E-state index in [1.807, 2.05) is 27.8 Å². The van der Waals surface area contributed by atoms with Gasteiger partial charge in [0.2, 0.25) is 0 Å². The van der Waals surface area contributed by atoms with Crippen LogP contribution in [0, 0.1) is 5.92 Å². The summed E-state index contributed by atoms with van der Waals surface area (Å²) < 4.78 is 10.7. The van der Waals surface area contributed by atoms with Crippen LogP contribution in [0.4, 0.5) is 0 Å². The number of carbonyl (C=O) groups is 2. The fraction of sp³-hybridized carbons (Fsp3) is 0.923. The molecule has 0 radical (unpaired) electrons. The Morgan fingerprint density at radius 1 is 0.857 bits per heavy atom. The molecule has 3 heterocycles. The third kappa shape index (κ3) is 10.7. The first-order valence-electron chi connectivity index (χ1n) is 13.3. The zero-order chi connectivity index (χ0) is 26.2. The molecule has 0 aromatic carbocycles. The Hall–Kier alpha value is -1.26. The minimum absolute atomic E-state index is 0.0427. The Bertz CT molecular complexity index is 664. The molecule has 9 heteroatoms. The molecular formula is C26H50N4O5. The summed E-state index contributed by atoms with van der Waals surface area (Å²) in [5, 5.41) is 16.4. The van der Waals surface area contributed by atoms with Crippen molar-refractivity contribution in [3.05, 3.63) is 0 Å². The number of nitrogens with one attached hydrogen (secondary N) is 2. The second kappa shape index (κ2) is 13.3. The Kier molecular flexibility index (Phi) is 11.4. The van der Waals surface area contributed by atoms with E-state index in [2.05, 4.69) is 20.4 Å². The molecule has 3 aliphatic rings. The van der Waals surface area contributed by atoms with Crippen LogP contribution in [0.1, 0.15) is 67.2 Å². The summed E-state index contributed by atoms with van der Waals surface area (Å²) in [7, 11) is 2.03. The summed E-state index contributed by atoms with van der Waals surface area (Å²) in [5.74, 6) is -0.518. The first-order chi connectivity index (χ1) is 16.3.